The van der Waals surface area contributed by atoms with E-state index in [1.165, 1.54) is 6.07 Å². The number of hydrogen-bond acceptors (Lipinski definition) is 4. The molecule has 0 aromatic heterocycles. The monoisotopic (exact) mass is 290 g/mol. The molecule has 2 aliphatic rings. The average Bonchev–Trinajstić information content (AvgIpc) is 2.44. The number of hydrogen-bond donors (Lipinski definition) is 1. The Morgan fingerprint density at radius 3 is 3.00 bits per heavy atom. The van der Waals surface area contributed by atoms with Crippen LogP contribution in [0.3, 0.4) is 0 Å². The Morgan fingerprint density at radius 1 is 1.48 bits per heavy atom. The fourth-order valence-electron chi connectivity index (χ4n) is 3.30. The second kappa shape index (κ2) is 5.44. The van der Waals surface area contributed by atoms with Crippen LogP contribution in [0.25, 0.3) is 0 Å². The number of amides is 1. The van der Waals surface area contributed by atoms with E-state index in [1.807, 2.05) is 0 Å². The molecule has 6 heteroatoms. The number of fused-ring (bicyclic) bond motifs is 1. The summed E-state index contributed by atoms with van der Waals surface area (Å²) in [5, 5.41) is 14.0. The smallest absolute Gasteiger partial charge is 0.282 e. The predicted octanol–water partition coefficient (Wildman–Crippen LogP) is 2.20. The van der Waals surface area contributed by atoms with Gasteiger partial charge in [0, 0.05) is 24.6 Å². The molecule has 0 spiro atoms. The van der Waals surface area contributed by atoms with Crippen LogP contribution in [-0.4, -0.2) is 29.6 Å². The minimum atomic E-state index is -0.505. The minimum Gasteiger partial charge on any atom is -0.378 e. The lowest BCUT2D eigenvalue weighted by Gasteiger charge is -2.47. The van der Waals surface area contributed by atoms with Gasteiger partial charge < -0.3 is 10.1 Å². The number of nitro benzene ring substituents is 1. The van der Waals surface area contributed by atoms with Gasteiger partial charge in [-0.3, -0.25) is 14.9 Å². The van der Waals surface area contributed by atoms with Crippen molar-refractivity contribution in [2.24, 2.45) is 5.92 Å². The molecule has 3 atom stereocenters. The van der Waals surface area contributed by atoms with Crippen molar-refractivity contribution in [1.29, 1.82) is 0 Å². The summed E-state index contributed by atoms with van der Waals surface area (Å²) >= 11 is 0. The largest absolute Gasteiger partial charge is 0.378 e. The molecule has 0 bridgehead atoms. The van der Waals surface area contributed by atoms with Gasteiger partial charge in [-0.05, 0) is 31.7 Å². The van der Waals surface area contributed by atoms with E-state index < -0.39 is 4.92 Å². The van der Waals surface area contributed by atoms with Crippen LogP contribution < -0.4 is 5.32 Å². The Kier molecular flexibility index (Phi) is 3.63. The number of nitrogens with one attached hydrogen (secondary N) is 1. The Morgan fingerprint density at radius 2 is 2.29 bits per heavy atom. The fraction of sp³-hybridized carbons (Fsp3) is 0.533. The van der Waals surface area contributed by atoms with Crippen LogP contribution in [0.15, 0.2) is 18.2 Å². The van der Waals surface area contributed by atoms with Gasteiger partial charge in [-0.25, -0.2) is 0 Å². The van der Waals surface area contributed by atoms with Crippen molar-refractivity contribution in [3.05, 3.63) is 39.4 Å². The summed E-state index contributed by atoms with van der Waals surface area (Å²) in [6, 6.07) is 4.75. The highest BCUT2D eigenvalue weighted by Crippen LogP contribution is 2.38. The lowest BCUT2D eigenvalue weighted by Crippen LogP contribution is -2.57. The highest BCUT2D eigenvalue weighted by molar-refractivity contribution is 5.99. The topological polar surface area (TPSA) is 81.5 Å². The molecule has 1 aromatic carbocycles. The summed E-state index contributed by atoms with van der Waals surface area (Å²) in [4.78, 5) is 23.0. The first-order chi connectivity index (χ1) is 10.1. The molecule has 1 aromatic rings. The molecule has 3 rings (SSSR count). The van der Waals surface area contributed by atoms with Gasteiger partial charge in [0.2, 0.25) is 0 Å². The molecule has 1 saturated heterocycles. The Labute approximate surface area is 122 Å². The normalized spacial score (nSPS) is 27.4. The number of aryl methyl sites for hydroxylation is 1. The highest BCUT2D eigenvalue weighted by Gasteiger charge is 2.44. The van der Waals surface area contributed by atoms with Crippen molar-refractivity contribution < 1.29 is 14.5 Å². The van der Waals surface area contributed by atoms with Crippen LogP contribution >= 0.6 is 0 Å². The van der Waals surface area contributed by atoms with Crippen molar-refractivity contribution in [1.82, 2.24) is 5.32 Å². The molecule has 1 aliphatic carbocycles. The van der Waals surface area contributed by atoms with Gasteiger partial charge in [0.1, 0.15) is 5.56 Å². The van der Waals surface area contributed by atoms with Gasteiger partial charge in [0.05, 0.1) is 11.0 Å². The average molecular weight is 290 g/mol. The Bertz CT molecular complexity index is 587. The van der Waals surface area contributed by atoms with E-state index in [1.54, 1.807) is 19.1 Å². The predicted molar refractivity (Wildman–Crippen MR) is 76.2 cm³/mol. The standard InChI is InChI=1S/C15H18N2O4/c1-9-4-2-6-12(17(19)20)14(9)15(18)16-11-8-13-10(11)5-3-7-21-13/h2,4,6,10-11,13H,3,5,7-8H2,1H3,(H,16,18)/t10-,11-,13+/m1/s1. The van der Waals surface area contributed by atoms with Crippen LogP contribution in [0.1, 0.15) is 35.2 Å². The van der Waals surface area contributed by atoms with E-state index in [0.717, 1.165) is 25.9 Å². The van der Waals surface area contributed by atoms with Gasteiger partial charge >= 0.3 is 0 Å². The van der Waals surface area contributed by atoms with Gasteiger partial charge in [0.15, 0.2) is 0 Å². The third kappa shape index (κ3) is 2.51. The van der Waals surface area contributed by atoms with Crippen LogP contribution in [0.5, 0.6) is 0 Å². The van der Waals surface area contributed by atoms with Gasteiger partial charge in [-0.1, -0.05) is 12.1 Å². The first-order valence-corrected chi connectivity index (χ1v) is 7.24. The molecule has 6 nitrogen and oxygen atoms in total. The fourth-order valence-corrected chi connectivity index (χ4v) is 3.30. The second-order valence-corrected chi connectivity index (χ2v) is 5.76. The summed E-state index contributed by atoms with van der Waals surface area (Å²) in [6.45, 7) is 2.51. The Hall–Kier alpha value is -1.95. The number of ether oxygens (including phenoxy) is 1. The van der Waals surface area contributed by atoms with Gasteiger partial charge in [-0.2, -0.15) is 0 Å². The van der Waals surface area contributed by atoms with Crippen LogP contribution in [0.4, 0.5) is 5.69 Å². The van der Waals surface area contributed by atoms with Gasteiger partial charge in [-0.15, -0.1) is 0 Å². The third-order valence-corrected chi connectivity index (χ3v) is 4.49. The molecule has 1 heterocycles. The summed E-state index contributed by atoms with van der Waals surface area (Å²) in [6.07, 6.45) is 3.11. The number of nitrogens with zero attached hydrogens (tertiary/aromatic N) is 1. The molecule has 0 unspecified atom stereocenters. The summed E-state index contributed by atoms with van der Waals surface area (Å²) in [5.74, 6) is -0.000372. The van der Waals surface area contributed by atoms with Crippen molar-refractivity contribution in [2.45, 2.75) is 38.3 Å². The van der Waals surface area contributed by atoms with E-state index in [2.05, 4.69) is 5.32 Å². The number of carbonyl (C=O) groups is 1. The minimum absolute atomic E-state index is 0.0713. The summed E-state index contributed by atoms with van der Waals surface area (Å²) in [7, 11) is 0. The molecular formula is C15H18N2O4. The van der Waals surface area contributed by atoms with Crippen molar-refractivity contribution in [3.63, 3.8) is 0 Å². The van der Waals surface area contributed by atoms with E-state index in [9.17, 15) is 14.9 Å². The van der Waals surface area contributed by atoms with Gasteiger partial charge in [0.25, 0.3) is 11.6 Å². The Balaban J connectivity index is 1.76. The van der Waals surface area contributed by atoms with E-state index in [0.29, 0.717) is 11.5 Å². The van der Waals surface area contributed by atoms with E-state index in [4.69, 9.17) is 4.74 Å². The maximum atomic E-state index is 12.4. The van der Waals surface area contributed by atoms with Crippen molar-refractivity contribution in [3.8, 4) is 0 Å². The van der Waals surface area contributed by atoms with Crippen molar-refractivity contribution >= 4 is 11.6 Å². The number of rotatable bonds is 3. The molecule has 1 aliphatic heterocycles. The first kappa shape index (κ1) is 14.0. The van der Waals surface area contributed by atoms with Crippen molar-refractivity contribution in [2.75, 3.05) is 6.61 Å². The van der Waals surface area contributed by atoms with Crippen LogP contribution in [-0.2, 0) is 4.74 Å². The SMILES string of the molecule is Cc1cccc([N+](=O)[O-])c1C(=O)N[C@@H]1C[C@@H]2OCCC[C@@H]21. The molecule has 1 saturated carbocycles. The van der Waals surface area contributed by atoms with Crippen LogP contribution in [0, 0.1) is 23.0 Å². The zero-order chi connectivity index (χ0) is 15.0. The maximum Gasteiger partial charge on any atom is 0.282 e. The summed E-state index contributed by atoms with van der Waals surface area (Å²) < 4.78 is 5.62. The summed E-state index contributed by atoms with van der Waals surface area (Å²) in [5.41, 5.74) is 0.656. The lowest BCUT2D eigenvalue weighted by molar-refractivity contribution is -0.385. The zero-order valence-electron chi connectivity index (χ0n) is 11.9. The third-order valence-electron chi connectivity index (χ3n) is 4.49. The maximum absolute atomic E-state index is 12.4. The number of benzene rings is 1. The number of carbonyl (C=O) groups excluding carboxylic acids is 1. The molecule has 21 heavy (non-hydrogen) atoms. The second-order valence-electron chi connectivity index (χ2n) is 5.76. The number of nitro groups is 1. The first-order valence-electron chi connectivity index (χ1n) is 7.24. The molecule has 1 amide bonds. The zero-order valence-corrected chi connectivity index (χ0v) is 11.9. The lowest BCUT2D eigenvalue weighted by atomic mass is 9.72. The highest BCUT2D eigenvalue weighted by atomic mass is 16.6. The van der Waals surface area contributed by atoms with E-state index >= 15 is 0 Å². The molecular weight excluding hydrogens is 272 g/mol. The van der Waals surface area contributed by atoms with Crippen LogP contribution in [0.2, 0.25) is 0 Å². The van der Waals surface area contributed by atoms with E-state index in [-0.39, 0.29) is 29.3 Å². The molecule has 2 fully saturated rings. The molecule has 1 N–H and O–H groups in total. The quantitative estimate of drug-likeness (QED) is 0.683. The molecule has 112 valence electrons. The molecule has 0 radical (unpaired) electrons.